The van der Waals surface area contributed by atoms with Gasteiger partial charge in [0.25, 0.3) is 0 Å². The molecular weight excluding hydrogens is 462 g/mol. The number of aryl methyl sites for hydroxylation is 2. The van der Waals surface area contributed by atoms with Crippen molar-refractivity contribution in [1.29, 1.82) is 0 Å². The van der Waals surface area contributed by atoms with Crippen LogP contribution in [0.25, 0.3) is 26.7 Å². The highest BCUT2D eigenvalue weighted by molar-refractivity contribution is 8.19. The van der Waals surface area contributed by atoms with Crippen molar-refractivity contribution in [2.75, 3.05) is 0 Å². The van der Waals surface area contributed by atoms with Crippen LogP contribution < -0.4 is 0 Å². The van der Waals surface area contributed by atoms with E-state index in [-0.39, 0.29) is 14.4 Å². The normalized spacial score (nSPS) is 14.4. The summed E-state index contributed by atoms with van der Waals surface area (Å²) in [6, 6.07) is 18.6. The SMILES string of the molecule is CCCCCCp1c2c3c(ccc2p1-c1ccccc1)CC(c1occc1CCCC)=C3CCC. The molecule has 2 aromatic carbocycles. The lowest BCUT2D eigenvalue weighted by atomic mass is 9.97. The number of hydrogen-bond donors (Lipinski definition) is 0. The number of allylic oxidation sites excluding steroid dienone is 2. The Labute approximate surface area is 213 Å². The maximum Gasteiger partial charge on any atom is 0.133 e. The minimum atomic E-state index is -0.183. The Morgan fingerprint density at radius 2 is 1.63 bits per heavy atom. The highest BCUT2D eigenvalue weighted by Crippen LogP contribution is 2.73. The van der Waals surface area contributed by atoms with Gasteiger partial charge in [-0.1, -0.05) is 104 Å². The fourth-order valence-corrected chi connectivity index (χ4v) is 14.4. The second-order valence-corrected chi connectivity index (χ2v) is 16.0. The van der Waals surface area contributed by atoms with Crippen molar-refractivity contribution in [3.05, 3.63) is 77.2 Å². The third-order valence-corrected chi connectivity index (χ3v) is 15.5. The molecular formula is C32H40OP2. The van der Waals surface area contributed by atoms with Crippen LogP contribution in [0.5, 0.6) is 0 Å². The van der Waals surface area contributed by atoms with Gasteiger partial charge in [0, 0.05) is 27.5 Å². The summed E-state index contributed by atoms with van der Waals surface area (Å²) in [5.41, 5.74) is 7.71. The van der Waals surface area contributed by atoms with Gasteiger partial charge in [-0.05, 0) is 66.2 Å². The number of furan rings is 1. The van der Waals surface area contributed by atoms with E-state index in [1.165, 1.54) is 68.0 Å². The minimum absolute atomic E-state index is 0.104. The summed E-state index contributed by atoms with van der Waals surface area (Å²) in [6.45, 7) is 6.93. The van der Waals surface area contributed by atoms with Crippen LogP contribution in [0.3, 0.4) is 0 Å². The molecule has 0 saturated heterocycles. The highest BCUT2D eigenvalue weighted by Gasteiger charge is 2.31. The number of rotatable bonds is 12. The van der Waals surface area contributed by atoms with Crippen molar-refractivity contribution in [3.63, 3.8) is 0 Å². The molecule has 35 heavy (non-hydrogen) atoms. The Bertz CT molecular complexity index is 1300. The van der Waals surface area contributed by atoms with E-state index < -0.39 is 0 Å². The molecule has 0 aliphatic heterocycles. The molecule has 0 N–H and O–H groups in total. The van der Waals surface area contributed by atoms with Crippen molar-refractivity contribution in [2.45, 2.75) is 91.1 Å². The van der Waals surface area contributed by atoms with E-state index in [1.54, 1.807) is 32.2 Å². The maximum absolute atomic E-state index is 6.20. The summed E-state index contributed by atoms with van der Waals surface area (Å²) in [7, 11) is -0.286. The molecule has 0 radical (unpaired) electrons. The van der Waals surface area contributed by atoms with E-state index in [0.717, 1.165) is 19.3 Å². The zero-order chi connectivity index (χ0) is 24.2. The fraction of sp³-hybridized carbons (Fsp3) is 0.438. The van der Waals surface area contributed by atoms with Crippen molar-refractivity contribution in [1.82, 2.24) is 0 Å². The largest absolute Gasteiger partial charge is 0.464 e. The van der Waals surface area contributed by atoms with E-state index in [2.05, 4.69) is 69.3 Å². The molecule has 1 aliphatic carbocycles. The molecule has 0 fully saturated rings. The van der Waals surface area contributed by atoms with Gasteiger partial charge in [-0.3, -0.25) is 0 Å². The van der Waals surface area contributed by atoms with Crippen molar-refractivity contribution >= 4 is 35.8 Å². The van der Waals surface area contributed by atoms with Crippen LogP contribution >= 0.6 is 14.4 Å². The molecule has 3 heteroatoms. The zero-order valence-corrected chi connectivity index (χ0v) is 23.6. The van der Waals surface area contributed by atoms with Gasteiger partial charge in [-0.2, -0.15) is 0 Å². The summed E-state index contributed by atoms with van der Waals surface area (Å²) >= 11 is 0. The first-order valence-electron chi connectivity index (χ1n) is 13.9. The molecule has 2 unspecified atom stereocenters. The third-order valence-electron chi connectivity index (χ3n) is 7.55. The van der Waals surface area contributed by atoms with E-state index in [1.807, 2.05) is 6.26 Å². The van der Waals surface area contributed by atoms with E-state index >= 15 is 0 Å². The van der Waals surface area contributed by atoms with Crippen molar-refractivity contribution in [2.24, 2.45) is 0 Å². The summed E-state index contributed by atoms with van der Waals surface area (Å²) in [5.74, 6) is 1.18. The lowest BCUT2D eigenvalue weighted by Crippen LogP contribution is -1.92. The molecule has 1 aliphatic rings. The average Bonchev–Trinajstić information content (AvgIpc) is 3.47. The Hall–Kier alpha value is -1.94. The van der Waals surface area contributed by atoms with Crippen LogP contribution in [0.15, 0.2) is 59.2 Å². The second-order valence-electron chi connectivity index (χ2n) is 10.1. The second kappa shape index (κ2) is 11.4. The molecule has 5 rings (SSSR count). The first-order chi connectivity index (χ1) is 17.3. The first kappa shape index (κ1) is 24.7. The Morgan fingerprint density at radius 3 is 2.40 bits per heavy atom. The lowest BCUT2D eigenvalue weighted by Gasteiger charge is -2.26. The van der Waals surface area contributed by atoms with Crippen molar-refractivity contribution < 1.29 is 4.42 Å². The number of hydrogen-bond acceptors (Lipinski definition) is 1. The number of unbranched alkanes of at least 4 members (excludes halogenated alkanes) is 4. The molecule has 0 saturated carbocycles. The maximum atomic E-state index is 6.20. The summed E-state index contributed by atoms with van der Waals surface area (Å²) < 4.78 is 6.20. The van der Waals surface area contributed by atoms with E-state index in [4.69, 9.17) is 4.42 Å². The quantitative estimate of drug-likeness (QED) is 0.176. The molecule has 0 amide bonds. The van der Waals surface area contributed by atoms with Gasteiger partial charge >= 0.3 is 0 Å². The van der Waals surface area contributed by atoms with Crippen LogP contribution in [0.1, 0.15) is 94.6 Å². The number of benzene rings is 2. The van der Waals surface area contributed by atoms with Gasteiger partial charge in [0.15, 0.2) is 0 Å². The predicted octanol–water partition coefficient (Wildman–Crippen LogP) is 11.6. The Kier molecular flexibility index (Phi) is 8.07. The molecule has 0 bridgehead atoms. The van der Waals surface area contributed by atoms with Crippen LogP contribution in [0.4, 0.5) is 0 Å². The minimum Gasteiger partial charge on any atom is -0.464 e. The van der Waals surface area contributed by atoms with Gasteiger partial charge < -0.3 is 4.42 Å². The van der Waals surface area contributed by atoms with Gasteiger partial charge in [0.05, 0.1) is 6.26 Å². The van der Waals surface area contributed by atoms with Gasteiger partial charge in [0.1, 0.15) is 5.76 Å². The van der Waals surface area contributed by atoms with Crippen LogP contribution in [-0.4, -0.2) is 0 Å². The van der Waals surface area contributed by atoms with Crippen LogP contribution in [-0.2, 0) is 19.0 Å². The third kappa shape index (κ3) is 4.75. The molecule has 184 valence electrons. The first-order valence-corrected chi connectivity index (χ1v) is 17.4. The van der Waals surface area contributed by atoms with Gasteiger partial charge in [-0.25, -0.2) is 0 Å². The molecule has 2 heterocycles. The van der Waals surface area contributed by atoms with Gasteiger partial charge in [-0.15, -0.1) is 0 Å². The number of fused-ring (bicyclic) bond motifs is 3. The molecule has 1 nitrogen and oxygen atoms in total. The molecule has 2 aromatic heterocycles. The summed E-state index contributed by atoms with van der Waals surface area (Å²) in [4.78, 5) is 0. The zero-order valence-electron chi connectivity index (χ0n) is 21.8. The average molecular weight is 503 g/mol. The topological polar surface area (TPSA) is 13.1 Å². The van der Waals surface area contributed by atoms with E-state index in [0.29, 0.717) is 0 Å². The fourth-order valence-electron chi connectivity index (χ4n) is 5.83. The molecule has 0 spiro atoms. The molecule has 4 aromatic rings. The monoisotopic (exact) mass is 502 g/mol. The van der Waals surface area contributed by atoms with E-state index in [9.17, 15) is 0 Å². The Balaban J connectivity index is 1.63. The van der Waals surface area contributed by atoms with Gasteiger partial charge in [0.2, 0.25) is 0 Å². The summed E-state index contributed by atoms with van der Waals surface area (Å²) in [5, 5.41) is 5.03. The Morgan fingerprint density at radius 1 is 0.800 bits per heavy atom. The predicted molar refractivity (Wildman–Crippen MR) is 158 cm³/mol. The van der Waals surface area contributed by atoms with Crippen molar-refractivity contribution in [3.8, 4) is 5.30 Å². The standard InChI is InChI=1S/C32H40OP2/c1-4-7-9-13-22-34-32-29(35(34)26-16-11-10-12-17-26)19-18-25-23-28(27(14-6-3)30(25)32)31-24(15-8-5-2)20-21-33-31/h10-12,16-21H,4-9,13-15,22-23H2,1-3H3. The molecule has 2 atom stereocenters. The highest BCUT2D eigenvalue weighted by atomic mass is 31.9. The lowest BCUT2D eigenvalue weighted by molar-refractivity contribution is 0.546. The summed E-state index contributed by atoms with van der Waals surface area (Å²) in [6.07, 6.45) is 15.8. The van der Waals surface area contributed by atoms with Crippen LogP contribution in [0.2, 0.25) is 0 Å². The smallest absolute Gasteiger partial charge is 0.133 e. The van der Waals surface area contributed by atoms with Crippen LogP contribution in [0, 0.1) is 0 Å².